The van der Waals surface area contributed by atoms with E-state index >= 15 is 0 Å². The van der Waals surface area contributed by atoms with Gasteiger partial charge in [-0.25, -0.2) is 0 Å². The van der Waals surface area contributed by atoms with E-state index in [1.54, 1.807) is 6.92 Å². The van der Waals surface area contributed by atoms with Crippen molar-refractivity contribution in [2.75, 3.05) is 46.1 Å². The van der Waals surface area contributed by atoms with Crippen molar-refractivity contribution in [1.82, 2.24) is 15.5 Å². The Labute approximate surface area is 246 Å². The third kappa shape index (κ3) is 14.6. The minimum atomic E-state index is -0.567. The third-order valence-electron chi connectivity index (χ3n) is 7.19. The van der Waals surface area contributed by atoms with Gasteiger partial charge in [0.05, 0.1) is 32.5 Å². The van der Waals surface area contributed by atoms with Crippen LogP contribution in [0.15, 0.2) is 60.7 Å². The van der Waals surface area contributed by atoms with Crippen LogP contribution in [0.3, 0.4) is 0 Å². The summed E-state index contributed by atoms with van der Waals surface area (Å²) in [4.78, 5) is 26.8. The van der Waals surface area contributed by atoms with Crippen molar-refractivity contribution < 1.29 is 23.8 Å². The molecule has 0 spiro atoms. The first kappa shape index (κ1) is 32.7. The predicted octanol–water partition coefficient (Wildman–Crippen LogP) is 4.47. The van der Waals surface area contributed by atoms with Crippen LogP contribution in [0.2, 0.25) is 0 Å². The first-order valence-corrected chi connectivity index (χ1v) is 15.2. The lowest BCUT2D eigenvalue weighted by Gasteiger charge is -2.22. The van der Waals surface area contributed by atoms with E-state index in [1.807, 2.05) is 12.1 Å². The van der Waals surface area contributed by atoms with Gasteiger partial charge in [-0.15, -0.1) is 0 Å². The van der Waals surface area contributed by atoms with Gasteiger partial charge in [-0.3, -0.25) is 14.5 Å². The van der Waals surface area contributed by atoms with Crippen molar-refractivity contribution in [3.63, 3.8) is 0 Å². The van der Waals surface area contributed by atoms with Crippen LogP contribution in [0.5, 0.6) is 0 Å². The zero-order chi connectivity index (χ0) is 29.0. The van der Waals surface area contributed by atoms with E-state index < -0.39 is 6.04 Å². The van der Waals surface area contributed by atoms with Gasteiger partial charge < -0.3 is 24.8 Å². The van der Waals surface area contributed by atoms with Gasteiger partial charge in [-0.1, -0.05) is 60.7 Å². The van der Waals surface area contributed by atoms with Crippen LogP contribution in [0, 0.1) is 0 Å². The molecule has 1 fully saturated rings. The van der Waals surface area contributed by atoms with Crippen molar-refractivity contribution in [2.24, 2.45) is 0 Å². The van der Waals surface area contributed by atoms with Crippen LogP contribution in [-0.2, 0) is 36.9 Å². The average molecular weight is 568 g/mol. The number of nitrogens with one attached hydrogen (secondary N) is 2. The molecule has 1 saturated heterocycles. The Bertz CT molecular complexity index is 928. The maximum absolute atomic E-state index is 12.3. The molecule has 8 nitrogen and oxygen atoms in total. The first-order valence-electron chi connectivity index (χ1n) is 15.2. The summed E-state index contributed by atoms with van der Waals surface area (Å²) in [5.74, 6) is -0.351. The Morgan fingerprint density at radius 1 is 0.902 bits per heavy atom. The van der Waals surface area contributed by atoms with Gasteiger partial charge in [-0.2, -0.15) is 0 Å². The molecule has 2 amide bonds. The van der Waals surface area contributed by atoms with Crippen molar-refractivity contribution in [3.05, 3.63) is 71.8 Å². The highest BCUT2D eigenvalue weighted by molar-refractivity contribution is 5.87. The van der Waals surface area contributed by atoms with Gasteiger partial charge >= 0.3 is 0 Å². The van der Waals surface area contributed by atoms with E-state index in [0.29, 0.717) is 39.1 Å². The van der Waals surface area contributed by atoms with E-state index in [0.717, 1.165) is 51.9 Å². The molecule has 2 aromatic rings. The highest BCUT2D eigenvalue weighted by atomic mass is 16.5. The number of amides is 2. The van der Waals surface area contributed by atoms with Crippen molar-refractivity contribution in [2.45, 2.75) is 77.1 Å². The molecule has 3 rings (SSSR count). The second-order valence-corrected chi connectivity index (χ2v) is 10.7. The second-order valence-electron chi connectivity index (χ2n) is 10.7. The van der Waals surface area contributed by atoms with Gasteiger partial charge in [-0.05, 0) is 56.6 Å². The zero-order valence-corrected chi connectivity index (χ0v) is 24.7. The highest BCUT2D eigenvalue weighted by Crippen LogP contribution is 2.17. The summed E-state index contributed by atoms with van der Waals surface area (Å²) in [6.45, 7) is 7.51. The standard InChI is InChI=1S/C33H49N3O5/c1-28(33(38)34-19-10-8-16-31-17-9-11-21-41-31)35-32(37)18-22-39-24-25-40-23-20-36(26-29-12-4-2-5-13-29)27-30-14-6-3-7-15-30/h2-7,12-15,28,31H,8-11,16-27H2,1H3,(H,34,38)(H,35,37). The van der Waals surface area contributed by atoms with E-state index in [9.17, 15) is 9.59 Å². The Kier molecular flexibility index (Phi) is 16.1. The van der Waals surface area contributed by atoms with Gasteiger partial charge in [0.15, 0.2) is 0 Å². The molecule has 2 aromatic carbocycles. The molecule has 0 aromatic heterocycles. The average Bonchev–Trinajstić information content (AvgIpc) is 2.99. The molecule has 0 aliphatic carbocycles. The Hall–Kier alpha value is -2.78. The van der Waals surface area contributed by atoms with Crippen LogP contribution in [0.25, 0.3) is 0 Å². The highest BCUT2D eigenvalue weighted by Gasteiger charge is 2.16. The Balaban J connectivity index is 1.19. The SMILES string of the molecule is CC(NC(=O)CCOCCOCCN(Cc1ccccc1)Cc1ccccc1)C(=O)NCCCCC1CCCCO1. The second kappa shape index (κ2) is 20.2. The number of hydrogen-bond acceptors (Lipinski definition) is 6. The molecule has 41 heavy (non-hydrogen) atoms. The smallest absolute Gasteiger partial charge is 0.242 e. The molecule has 2 atom stereocenters. The summed E-state index contributed by atoms with van der Waals surface area (Å²) >= 11 is 0. The molecule has 2 unspecified atom stereocenters. The molecule has 0 saturated carbocycles. The summed E-state index contributed by atoms with van der Waals surface area (Å²) < 4.78 is 17.1. The fraction of sp³-hybridized carbons (Fsp3) is 0.576. The van der Waals surface area contributed by atoms with E-state index in [4.69, 9.17) is 14.2 Å². The van der Waals surface area contributed by atoms with Crippen LogP contribution < -0.4 is 10.6 Å². The van der Waals surface area contributed by atoms with Gasteiger partial charge in [0.1, 0.15) is 6.04 Å². The third-order valence-corrected chi connectivity index (χ3v) is 7.19. The molecule has 1 aliphatic rings. The number of nitrogens with zero attached hydrogens (tertiary/aromatic N) is 1. The summed E-state index contributed by atoms with van der Waals surface area (Å²) in [7, 11) is 0. The van der Waals surface area contributed by atoms with Gasteiger partial charge in [0.25, 0.3) is 0 Å². The molecule has 2 N–H and O–H groups in total. The minimum Gasteiger partial charge on any atom is -0.379 e. The van der Waals surface area contributed by atoms with E-state index in [1.165, 1.54) is 24.0 Å². The molecule has 1 heterocycles. The van der Waals surface area contributed by atoms with Crippen LogP contribution in [0.1, 0.15) is 63.0 Å². The van der Waals surface area contributed by atoms with Gasteiger partial charge in [0.2, 0.25) is 11.8 Å². The quantitative estimate of drug-likeness (QED) is 0.230. The molecule has 0 bridgehead atoms. The monoisotopic (exact) mass is 567 g/mol. The number of carbonyl (C=O) groups is 2. The summed E-state index contributed by atoms with van der Waals surface area (Å²) in [5.41, 5.74) is 2.55. The topological polar surface area (TPSA) is 89.1 Å². The summed E-state index contributed by atoms with van der Waals surface area (Å²) in [6.07, 6.45) is 7.16. The molecule has 226 valence electrons. The van der Waals surface area contributed by atoms with Crippen LogP contribution in [0.4, 0.5) is 0 Å². The number of benzene rings is 2. The molecular formula is C33H49N3O5. The molecule has 8 heteroatoms. The maximum Gasteiger partial charge on any atom is 0.242 e. The summed E-state index contributed by atoms with van der Waals surface area (Å²) in [6, 6.07) is 20.3. The van der Waals surface area contributed by atoms with E-state index in [2.05, 4.69) is 64.1 Å². The zero-order valence-electron chi connectivity index (χ0n) is 24.7. The Morgan fingerprint density at radius 3 is 2.20 bits per heavy atom. The van der Waals surface area contributed by atoms with E-state index in [-0.39, 0.29) is 18.2 Å². The fourth-order valence-electron chi connectivity index (χ4n) is 4.85. The number of unbranched alkanes of at least 4 members (excludes halogenated alkanes) is 1. The van der Waals surface area contributed by atoms with Crippen LogP contribution >= 0.6 is 0 Å². The summed E-state index contributed by atoms with van der Waals surface area (Å²) in [5, 5.41) is 5.66. The van der Waals surface area contributed by atoms with Crippen molar-refractivity contribution >= 4 is 11.8 Å². The largest absolute Gasteiger partial charge is 0.379 e. The van der Waals surface area contributed by atoms with Crippen molar-refractivity contribution in [1.29, 1.82) is 0 Å². The number of hydrogen-bond donors (Lipinski definition) is 2. The lowest BCUT2D eigenvalue weighted by atomic mass is 10.0. The van der Waals surface area contributed by atoms with Gasteiger partial charge in [0, 0.05) is 39.2 Å². The maximum atomic E-state index is 12.3. The van der Waals surface area contributed by atoms with Crippen molar-refractivity contribution in [3.8, 4) is 0 Å². The number of rotatable bonds is 20. The fourth-order valence-corrected chi connectivity index (χ4v) is 4.85. The predicted molar refractivity (Wildman–Crippen MR) is 161 cm³/mol. The minimum absolute atomic E-state index is 0.157. The molecule has 1 aliphatic heterocycles. The Morgan fingerprint density at radius 2 is 1.56 bits per heavy atom. The number of carbonyl (C=O) groups excluding carboxylic acids is 2. The number of ether oxygens (including phenoxy) is 3. The normalized spacial score (nSPS) is 15.9. The lowest BCUT2D eigenvalue weighted by Crippen LogP contribution is -2.45. The van der Waals surface area contributed by atoms with Crippen LogP contribution in [-0.4, -0.2) is 75.0 Å². The molecular weight excluding hydrogens is 518 g/mol. The molecule has 0 radical (unpaired) electrons. The lowest BCUT2D eigenvalue weighted by molar-refractivity contribution is -0.129. The first-order chi connectivity index (χ1) is 20.1.